The number of aliphatic hydroxyl groups is 1. The van der Waals surface area contributed by atoms with Crippen LogP contribution in [0.2, 0.25) is 0 Å². The molecule has 168 valence electrons. The minimum atomic E-state index is -0.961. The SMILES string of the molecule is CCCCCCCCO[C@@H]1O[C@@H]2COC(c3ccccc3)O[C@H]2[C@H](O)[C@H]1NC(C)=O. The Bertz CT molecular complexity index is 642. The summed E-state index contributed by atoms with van der Waals surface area (Å²) < 4.78 is 23.8. The molecule has 7 heteroatoms. The van der Waals surface area contributed by atoms with E-state index in [1.807, 2.05) is 30.3 Å². The van der Waals surface area contributed by atoms with Crippen molar-refractivity contribution in [3.05, 3.63) is 35.9 Å². The largest absolute Gasteiger partial charge is 0.388 e. The fourth-order valence-electron chi connectivity index (χ4n) is 3.98. The van der Waals surface area contributed by atoms with Gasteiger partial charge in [0, 0.05) is 19.1 Å². The Labute approximate surface area is 179 Å². The van der Waals surface area contributed by atoms with E-state index in [0.29, 0.717) is 6.61 Å². The van der Waals surface area contributed by atoms with Crippen LogP contribution in [0, 0.1) is 0 Å². The molecule has 1 aromatic carbocycles. The Kier molecular flexibility index (Phi) is 9.08. The fraction of sp³-hybridized carbons (Fsp3) is 0.696. The van der Waals surface area contributed by atoms with Crippen LogP contribution in [0.5, 0.6) is 0 Å². The van der Waals surface area contributed by atoms with Crippen LogP contribution in [0.15, 0.2) is 30.3 Å². The predicted octanol–water partition coefficient (Wildman–Crippen LogP) is 3.07. The van der Waals surface area contributed by atoms with Gasteiger partial charge in [-0.1, -0.05) is 69.4 Å². The standard InChI is InChI=1S/C23H35NO6/c1-3-4-5-6-7-11-14-27-23-19(24-16(2)25)20(26)21-18(29-23)15-28-22(30-21)17-12-9-8-10-13-17/h8-10,12-13,18-23,26H,3-7,11,14-15H2,1-2H3,(H,24,25)/t18-,19-,20-,21-,22?,23-/m1/s1. The van der Waals surface area contributed by atoms with E-state index in [1.54, 1.807) is 0 Å². The van der Waals surface area contributed by atoms with E-state index in [4.69, 9.17) is 18.9 Å². The molecule has 1 unspecified atom stereocenters. The van der Waals surface area contributed by atoms with E-state index < -0.39 is 36.9 Å². The molecule has 3 rings (SSSR count). The van der Waals surface area contributed by atoms with Gasteiger partial charge < -0.3 is 29.4 Å². The van der Waals surface area contributed by atoms with E-state index in [0.717, 1.165) is 18.4 Å². The molecule has 0 spiro atoms. The summed E-state index contributed by atoms with van der Waals surface area (Å²) in [4.78, 5) is 11.7. The van der Waals surface area contributed by atoms with Crippen LogP contribution in [-0.2, 0) is 23.7 Å². The number of amides is 1. The molecule has 1 amide bonds. The molecule has 2 aliphatic heterocycles. The van der Waals surface area contributed by atoms with Crippen LogP contribution in [0.3, 0.4) is 0 Å². The Morgan fingerprint density at radius 2 is 1.87 bits per heavy atom. The number of nitrogens with one attached hydrogen (secondary N) is 1. The van der Waals surface area contributed by atoms with Crippen molar-refractivity contribution >= 4 is 5.91 Å². The number of aliphatic hydroxyl groups excluding tert-OH is 1. The lowest BCUT2D eigenvalue weighted by molar-refractivity contribution is -0.344. The van der Waals surface area contributed by atoms with Crippen LogP contribution in [0.4, 0.5) is 0 Å². The lowest BCUT2D eigenvalue weighted by atomic mass is 9.95. The minimum absolute atomic E-state index is 0.249. The quantitative estimate of drug-likeness (QED) is 0.565. The maximum atomic E-state index is 11.7. The average Bonchev–Trinajstić information content (AvgIpc) is 2.76. The normalized spacial score (nSPS) is 31.2. The van der Waals surface area contributed by atoms with Crippen molar-refractivity contribution in [2.24, 2.45) is 0 Å². The summed E-state index contributed by atoms with van der Waals surface area (Å²) >= 11 is 0. The van der Waals surface area contributed by atoms with Gasteiger partial charge in [0.2, 0.25) is 5.91 Å². The smallest absolute Gasteiger partial charge is 0.217 e. The Hall–Kier alpha value is -1.51. The third kappa shape index (κ3) is 6.25. The van der Waals surface area contributed by atoms with Crippen molar-refractivity contribution in [2.75, 3.05) is 13.2 Å². The monoisotopic (exact) mass is 421 g/mol. The molecule has 2 aliphatic rings. The second kappa shape index (κ2) is 11.8. The number of benzene rings is 1. The van der Waals surface area contributed by atoms with E-state index in [9.17, 15) is 9.90 Å². The fourth-order valence-corrected chi connectivity index (χ4v) is 3.98. The van der Waals surface area contributed by atoms with E-state index in [2.05, 4.69) is 12.2 Å². The molecule has 0 aromatic heterocycles. The van der Waals surface area contributed by atoms with Crippen molar-refractivity contribution in [3.8, 4) is 0 Å². The zero-order chi connectivity index (χ0) is 21.3. The summed E-state index contributed by atoms with van der Waals surface area (Å²) in [7, 11) is 0. The molecule has 7 nitrogen and oxygen atoms in total. The van der Waals surface area contributed by atoms with Crippen LogP contribution >= 0.6 is 0 Å². The van der Waals surface area contributed by atoms with E-state index >= 15 is 0 Å². The summed E-state index contributed by atoms with van der Waals surface area (Å²) in [6.45, 7) is 4.42. The van der Waals surface area contributed by atoms with Crippen molar-refractivity contribution in [1.29, 1.82) is 0 Å². The van der Waals surface area contributed by atoms with Crippen molar-refractivity contribution < 1.29 is 28.8 Å². The first-order chi connectivity index (χ1) is 14.6. The summed E-state index contributed by atoms with van der Waals surface area (Å²) in [5.74, 6) is -0.249. The van der Waals surface area contributed by atoms with Crippen molar-refractivity contribution in [1.82, 2.24) is 5.32 Å². The Balaban J connectivity index is 1.57. The zero-order valence-corrected chi connectivity index (χ0v) is 18.0. The minimum Gasteiger partial charge on any atom is -0.388 e. The van der Waals surface area contributed by atoms with Crippen LogP contribution in [-0.4, -0.2) is 54.9 Å². The number of fused-ring (bicyclic) bond motifs is 1. The highest BCUT2D eigenvalue weighted by Gasteiger charge is 2.50. The lowest BCUT2D eigenvalue weighted by Crippen LogP contribution is -2.66. The highest BCUT2D eigenvalue weighted by Crippen LogP contribution is 2.34. The first kappa shape index (κ1) is 23.2. The average molecular weight is 422 g/mol. The molecule has 2 saturated heterocycles. The van der Waals surface area contributed by atoms with Crippen molar-refractivity contribution in [2.45, 2.75) is 89.3 Å². The first-order valence-electron chi connectivity index (χ1n) is 11.1. The maximum absolute atomic E-state index is 11.7. The van der Waals surface area contributed by atoms with Crippen LogP contribution < -0.4 is 5.32 Å². The summed E-state index contributed by atoms with van der Waals surface area (Å²) in [6, 6.07) is 8.88. The molecule has 1 aromatic rings. The second-order valence-electron chi connectivity index (χ2n) is 8.08. The van der Waals surface area contributed by atoms with Gasteiger partial charge in [-0.3, -0.25) is 4.79 Å². The Morgan fingerprint density at radius 1 is 1.13 bits per heavy atom. The number of unbranched alkanes of at least 4 members (excludes halogenated alkanes) is 5. The number of carbonyl (C=O) groups is 1. The topological polar surface area (TPSA) is 86.2 Å². The molecule has 2 heterocycles. The van der Waals surface area contributed by atoms with Crippen LogP contribution in [0.1, 0.15) is 64.2 Å². The molecule has 0 aliphatic carbocycles. The molecule has 0 radical (unpaired) electrons. The molecule has 2 N–H and O–H groups in total. The van der Waals surface area contributed by atoms with Gasteiger partial charge in [0.05, 0.1) is 6.61 Å². The number of hydrogen-bond acceptors (Lipinski definition) is 6. The third-order valence-corrected chi connectivity index (χ3v) is 5.59. The van der Waals surface area contributed by atoms with E-state index in [-0.39, 0.29) is 12.5 Å². The molecule has 30 heavy (non-hydrogen) atoms. The number of carbonyl (C=O) groups excluding carboxylic acids is 1. The van der Waals surface area contributed by atoms with Gasteiger partial charge in [-0.2, -0.15) is 0 Å². The first-order valence-corrected chi connectivity index (χ1v) is 11.1. The molecule has 2 fully saturated rings. The van der Waals surface area contributed by atoms with Gasteiger partial charge in [0.1, 0.15) is 24.4 Å². The third-order valence-electron chi connectivity index (χ3n) is 5.59. The van der Waals surface area contributed by atoms with Gasteiger partial charge in [0.25, 0.3) is 0 Å². The summed E-state index contributed by atoms with van der Waals surface area (Å²) in [6.07, 6.45) is 3.58. The molecule has 0 bridgehead atoms. The van der Waals surface area contributed by atoms with Crippen LogP contribution in [0.25, 0.3) is 0 Å². The van der Waals surface area contributed by atoms with Gasteiger partial charge in [-0.15, -0.1) is 0 Å². The lowest BCUT2D eigenvalue weighted by Gasteiger charge is -2.47. The highest BCUT2D eigenvalue weighted by atomic mass is 16.7. The number of ether oxygens (including phenoxy) is 4. The number of hydrogen-bond donors (Lipinski definition) is 2. The van der Waals surface area contributed by atoms with Gasteiger partial charge in [-0.05, 0) is 6.42 Å². The predicted molar refractivity (Wildman–Crippen MR) is 112 cm³/mol. The number of rotatable bonds is 10. The maximum Gasteiger partial charge on any atom is 0.217 e. The second-order valence-corrected chi connectivity index (χ2v) is 8.08. The zero-order valence-electron chi connectivity index (χ0n) is 18.0. The van der Waals surface area contributed by atoms with Crippen molar-refractivity contribution in [3.63, 3.8) is 0 Å². The van der Waals surface area contributed by atoms with Gasteiger partial charge in [-0.25, -0.2) is 0 Å². The summed E-state index contributed by atoms with van der Waals surface area (Å²) in [5, 5.41) is 13.8. The Morgan fingerprint density at radius 3 is 2.60 bits per heavy atom. The molecular formula is C23H35NO6. The molecule has 6 atom stereocenters. The summed E-state index contributed by atoms with van der Waals surface area (Å²) in [5.41, 5.74) is 0.876. The molecule has 0 saturated carbocycles. The molecular weight excluding hydrogens is 386 g/mol. The highest BCUT2D eigenvalue weighted by molar-refractivity contribution is 5.73. The van der Waals surface area contributed by atoms with E-state index in [1.165, 1.54) is 32.6 Å². The van der Waals surface area contributed by atoms with Gasteiger partial charge >= 0.3 is 0 Å². The van der Waals surface area contributed by atoms with Gasteiger partial charge in [0.15, 0.2) is 12.6 Å².